The van der Waals surface area contributed by atoms with Gasteiger partial charge in [-0.3, -0.25) is 19.7 Å². The Balaban J connectivity index is 1.31. The van der Waals surface area contributed by atoms with Crippen LogP contribution in [-0.4, -0.2) is 73.3 Å². The number of rotatable bonds is 6. The molecule has 2 aromatic carbocycles. The van der Waals surface area contributed by atoms with Crippen LogP contribution in [0.3, 0.4) is 0 Å². The Morgan fingerprint density at radius 1 is 1.00 bits per heavy atom. The average molecular weight is 544 g/mol. The summed E-state index contributed by atoms with van der Waals surface area (Å²) in [6.07, 6.45) is 1.66. The zero-order valence-corrected chi connectivity index (χ0v) is 23.4. The summed E-state index contributed by atoms with van der Waals surface area (Å²) in [5, 5.41) is 9.71. The molecule has 1 fully saturated rings. The minimum atomic E-state index is -0.427. The van der Waals surface area contributed by atoms with Crippen LogP contribution in [0.5, 0.6) is 0 Å². The smallest absolute Gasteiger partial charge is 0.260 e. The number of anilines is 2. The van der Waals surface area contributed by atoms with Gasteiger partial charge in [0.05, 0.1) is 12.1 Å². The molecule has 0 spiro atoms. The van der Waals surface area contributed by atoms with Crippen molar-refractivity contribution >= 4 is 46.0 Å². The fraction of sp³-hybridized carbons (Fsp3) is 0.300. The number of likely N-dealkylation sites (N-methyl/N-ethyl adjacent to an activating group) is 1. The Bertz CT molecular complexity index is 1400. The number of nitrogens with one attached hydrogen (secondary N) is 2. The molecule has 2 aliphatic rings. The number of piperazine rings is 1. The monoisotopic (exact) mass is 543 g/mol. The molecule has 9 heteroatoms. The SMILES string of the molecule is C[C@@H]1CN(c2ccc(N/C=C3\C(=O)NC(=O)c4ccc(-c5ccsc5)cc43)cc2)C[C@H](C)N1C(=O)CN(C)C. The standard InChI is InChI=1S/C30H33N5O3S/c1-19-15-34(16-20(2)35(19)28(36)17-33(3)4)24-8-6-23(7-9-24)31-14-27-26-13-21(22-11-12-39-18-22)5-10-25(26)29(37)32-30(27)38/h5-14,18-20,31H,15-17H2,1-4H3,(H,32,37,38)/b27-14-/t19-,20+. The maximum Gasteiger partial charge on any atom is 0.260 e. The lowest BCUT2D eigenvalue weighted by atomic mass is 9.92. The molecule has 3 heterocycles. The van der Waals surface area contributed by atoms with E-state index in [0.717, 1.165) is 35.6 Å². The highest BCUT2D eigenvalue weighted by molar-refractivity contribution is 7.08. The lowest BCUT2D eigenvalue weighted by Crippen LogP contribution is -2.60. The van der Waals surface area contributed by atoms with Gasteiger partial charge in [0.25, 0.3) is 11.8 Å². The number of imide groups is 1. The van der Waals surface area contributed by atoms with Crippen LogP contribution in [-0.2, 0) is 9.59 Å². The Morgan fingerprint density at radius 3 is 2.36 bits per heavy atom. The maximum absolute atomic E-state index is 12.8. The molecular formula is C30H33N5O3S. The number of amides is 3. The number of fused-ring (bicyclic) bond motifs is 1. The maximum atomic E-state index is 12.8. The number of hydrogen-bond donors (Lipinski definition) is 2. The summed E-state index contributed by atoms with van der Waals surface area (Å²) in [4.78, 5) is 44.1. The van der Waals surface area contributed by atoms with Crippen LogP contribution in [0.15, 0.2) is 65.5 Å². The number of carbonyl (C=O) groups excluding carboxylic acids is 3. The van der Waals surface area contributed by atoms with E-state index in [1.165, 1.54) is 0 Å². The van der Waals surface area contributed by atoms with Crippen molar-refractivity contribution in [1.29, 1.82) is 0 Å². The van der Waals surface area contributed by atoms with Gasteiger partial charge in [-0.2, -0.15) is 11.3 Å². The molecule has 3 amide bonds. The zero-order chi connectivity index (χ0) is 27.7. The van der Waals surface area contributed by atoms with Gasteiger partial charge in [0.1, 0.15) is 0 Å². The van der Waals surface area contributed by atoms with E-state index in [0.29, 0.717) is 23.2 Å². The first-order valence-electron chi connectivity index (χ1n) is 13.0. The zero-order valence-electron chi connectivity index (χ0n) is 22.6. The van der Waals surface area contributed by atoms with Gasteiger partial charge in [0.15, 0.2) is 0 Å². The van der Waals surface area contributed by atoms with Crippen molar-refractivity contribution in [2.24, 2.45) is 0 Å². The van der Waals surface area contributed by atoms with Gasteiger partial charge in [-0.25, -0.2) is 0 Å². The van der Waals surface area contributed by atoms with Crippen molar-refractivity contribution < 1.29 is 14.4 Å². The van der Waals surface area contributed by atoms with Gasteiger partial charge in [-0.05, 0) is 92.3 Å². The molecule has 0 bridgehead atoms. The fourth-order valence-electron chi connectivity index (χ4n) is 5.38. The third kappa shape index (κ3) is 5.60. The molecule has 2 N–H and O–H groups in total. The van der Waals surface area contributed by atoms with E-state index < -0.39 is 5.91 Å². The molecule has 202 valence electrons. The minimum absolute atomic E-state index is 0.107. The summed E-state index contributed by atoms with van der Waals surface area (Å²) in [5.41, 5.74) is 5.41. The molecule has 1 aromatic heterocycles. The molecule has 0 radical (unpaired) electrons. The predicted octanol–water partition coefficient (Wildman–Crippen LogP) is 4.13. The lowest BCUT2D eigenvalue weighted by molar-refractivity contribution is -0.136. The van der Waals surface area contributed by atoms with Gasteiger partial charge in [0, 0.05) is 53.9 Å². The summed E-state index contributed by atoms with van der Waals surface area (Å²) in [5.74, 6) is -0.659. The predicted molar refractivity (Wildman–Crippen MR) is 157 cm³/mol. The highest BCUT2D eigenvalue weighted by atomic mass is 32.1. The molecule has 0 unspecified atom stereocenters. The first-order chi connectivity index (χ1) is 18.7. The van der Waals surface area contributed by atoms with Gasteiger partial charge < -0.3 is 20.0 Å². The molecule has 3 aromatic rings. The van der Waals surface area contributed by atoms with Crippen molar-refractivity contribution in [2.45, 2.75) is 25.9 Å². The van der Waals surface area contributed by atoms with Gasteiger partial charge in [0.2, 0.25) is 5.91 Å². The van der Waals surface area contributed by atoms with E-state index in [2.05, 4.69) is 29.4 Å². The minimum Gasteiger partial charge on any atom is -0.367 e. The lowest BCUT2D eigenvalue weighted by Gasteiger charge is -2.45. The first kappa shape index (κ1) is 26.6. The Morgan fingerprint density at radius 2 is 1.72 bits per heavy atom. The van der Waals surface area contributed by atoms with Gasteiger partial charge in [-0.1, -0.05) is 6.07 Å². The summed E-state index contributed by atoms with van der Waals surface area (Å²) >= 11 is 1.60. The van der Waals surface area contributed by atoms with Gasteiger partial charge >= 0.3 is 0 Å². The van der Waals surface area contributed by atoms with Crippen LogP contribution in [0.4, 0.5) is 11.4 Å². The summed E-state index contributed by atoms with van der Waals surface area (Å²) in [6.45, 7) is 6.13. The highest BCUT2D eigenvalue weighted by Crippen LogP contribution is 2.31. The van der Waals surface area contributed by atoms with Gasteiger partial charge in [-0.15, -0.1) is 0 Å². The molecular weight excluding hydrogens is 510 g/mol. The Hall–Kier alpha value is -3.95. The van der Waals surface area contributed by atoms with E-state index >= 15 is 0 Å². The number of carbonyl (C=O) groups is 3. The van der Waals surface area contributed by atoms with Crippen molar-refractivity contribution in [3.05, 3.63) is 76.6 Å². The second-order valence-corrected chi connectivity index (χ2v) is 11.2. The average Bonchev–Trinajstić information content (AvgIpc) is 3.43. The number of hydrogen-bond acceptors (Lipinski definition) is 7. The molecule has 0 aliphatic carbocycles. The molecule has 8 nitrogen and oxygen atoms in total. The normalized spacial score (nSPS) is 20.3. The largest absolute Gasteiger partial charge is 0.367 e. The quantitative estimate of drug-likeness (QED) is 0.359. The molecule has 39 heavy (non-hydrogen) atoms. The van der Waals surface area contributed by atoms with Crippen molar-refractivity contribution in [1.82, 2.24) is 15.1 Å². The molecule has 2 atom stereocenters. The van der Waals surface area contributed by atoms with Crippen LogP contribution in [0.25, 0.3) is 16.7 Å². The third-order valence-corrected chi connectivity index (χ3v) is 7.84. The molecule has 0 saturated carbocycles. The van der Waals surface area contributed by atoms with E-state index in [4.69, 9.17) is 0 Å². The van der Waals surface area contributed by atoms with E-state index in [-0.39, 0.29) is 23.9 Å². The first-order valence-corrected chi connectivity index (χ1v) is 14.0. The number of benzene rings is 2. The van der Waals surface area contributed by atoms with Crippen molar-refractivity contribution in [3.63, 3.8) is 0 Å². The van der Waals surface area contributed by atoms with Crippen molar-refractivity contribution in [2.75, 3.05) is 43.9 Å². The van der Waals surface area contributed by atoms with E-state index in [9.17, 15) is 14.4 Å². The summed E-state index contributed by atoms with van der Waals surface area (Å²) < 4.78 is 0. The Labute approximate surface area is 232 Å². The number of thiophene rings is 1. The summed E-state index contributed by atoms with van der Waals surface area (Å²) in [7, 11) is 3.83. The van der Waals surface area contributed by atoms with Crippen LogP contribution in [0.1, 0.15) is 29.8 Å². The van der Waals surface area contributed by atoms with Crippen LogP contribution in [0.2, 0.25) is 0 Å². The van der Waals surface area contributed by atoms with E-state index in [1.807, 2.05) is 77.1 Å². The highest BCUT2D eigenvalue weighted by Gasteiger charge is 2.33. The van der Waals surface area contributed by atoms with E-state index in [1.54, 1.807) is 23.6 Å². The molecule has 1 saturated heterocycles. The topological polar surface area (TPSA) is 85.0 Å². The third-order valence-electron chi connectivity index (χ3n) is 7.15. The molecule has 5 rings (SSSR count). The van der Waals surface area contributed by atoms with Crippen LogP contribution in [0, 0.1) is 0 Å². The summed E-state index contributed by atoms with van der Waals surface area (Å²) in [6, 6.07) is 15.8. The van der Waals surface area contributed by atoms with Crippen LogP contribution >= 0.6 is 11.3 Å². The van der Waals surface area contributed by atoms with Crippen molar-refractivity contribution in [3.8, 4) is 11.1 Å². The van der Waals surface area contributed by atoms with Crippen LogP contribution < -0.4 is 15.5 Å². The second-order valence-electron chi connectivity index (χ2n) is 10.4. The molecule has 2 aliphatic heterocycles. The fourth-order valence-corrected chi connectivity index (χ4v) is 6.04. The second kappa shape index (κ2) is 11.0. The Kier molecular flexibility index (Phi) is 7.54. The number of nitrogens with zero attached hydrogens (tertiary/aromatic N) is 3.